The number of fused-ring (bicyclic) bond motifs is 1. The lowest BCUT2D eigenvalue weighted by Crippen LogP contribution is -2.05. The molecule has 4 aromatic rings. The van der Waals surface area contributed by atoms with Gasteiger partial charge in [0.1, 0.15) is 12.0 Å². The third-order valence-corrected chi connectivity index (χ3v) is 5.39. The fourth-order valence-corrected chi connectivity index (χ4v) is 3.97. The molecule has 0 aliphatic heterocycles. The fraction of sp³-hybridized carbons (Fsp3) is 0.222. The van der Waals surface area contributed by atoms with Crippen LogP contribution in [0.4, 0.5) is 0 Å². The molecule has 27 heavy (non-hydrogen) atoms. The summed E-state index contributed by atoms with van der Waals surface area (Å²) < 4.78 is 23.5. The summed E-state index contributed by atoms with van der Waals surface area (Å²) in [5.41, 5.74) is 4.40. The Bertz CT molecular complexity index is 1140. The van der Waals surface area contributed by atoms with Gasteiger partial charge in [-0.05, 0) is 19.9 Å². The van der Waals surface area contributed by atoms with E-state index in [9.17, 15) is 4.21 Å². The predicted octanol–water partition coefficient (Wildman–Crippen LogP) is 2.94. The lowest BCUT2D eigenvalue weighted by molar-refractivity contribution is 0.407. The van der Waals surface area contributed by atoms with Crippen LogP contribution in [0.5, 0.6) is 5.75 Å². The highest BCUT2D eigenvalue weighted by molar-refractivity contribution is 7.84. The molecule has 4 rings (SSSR count). The van der Waals surface area contributed by atoms with Crippen LogP contribution in [0.2, 0.25) is 0 Å². The maximum atomic E-state index is 12.8. The van der Waals surface area contributed by atoms with E-state index in [0.717, 1.165) is 16.9 Å². The minimum atomic E-state index is -1.40. The van der Waals surface area contributed by atoms with Gasteiger partial charge in [0.15, 0.2) is 10.8 Å². The van der Waals surface area contributed by atoms with Crippen LogP contribution in [-0.4, -0.2) is 36.2 Å². The number of H-pyrrole nitrogens is 1. The molecule has 0 aliphatic rings. The number of nitrogens with one attached hydrogen (secondary N) is 1. The number of ether oxygens (including phenoxy) is 1. The van der Waals surface area contributed by atoms with E-state index in [1.54, 1.807) is 25.7 Å². The number of aryl methyl sites for hydroxylation is 1. The molecule has 8 nitrogen and oxygen atoms in total. The molecular formula is C18H17N5O3S. The SMILES string of the molecule is COc1c(C)cnc(CS(=O)c2nc3ncc(-c4ncco4)cc3[nH]2)c1C. The average molecular weight is 383 g/mol. The zero-order chi connectivity index (χ0) is 19.0. The normalized spacial score (nSPS) is 12.4. The maximum Gasteiger partial charge on any atom is 0.227 e. The van der Waals surface area contributed by atoms with Crippen molar-refractivity contribution in [2.75, 3.05) is 7.11 Å². The predicted molar refractivity (Wildman–Crippen MR) is 99.8 cm³/mol. The van der Waals surface area contributed by atoms with Crippen LogP contribution in [0, 0.1) is 13.8 Å². The van der Waals surface area contributed by atoms with Gasteiger partial charge in [-0.1, -0.05) is 0 Å². The van der Waals surface area contributed by atoms with Crippen molar-refractivity contribution < 1.29 is 13.4 Å². The number of rotatable bonds is 5. The standard InChI is InChI=1S/C18H17N5O3S/c1-10-7-20-14(11(2)15(10)25-3)9-27(24)18-22-13-6-12(8-21-16(13)23-18)17-19-4-5-26-17/h4-8H,9H2,1-3H3,(H,21,22,23). The maximum absolute atomic E-state index is 12.8. The van der Waals surface area contributed by atoms with E-state index in [4.69, 9.17) is 9.15 Å². The fourth-order valence-electron chi connectivity index (χ4n) is 2.88. The summed E-state index contributed by atoms with van der Waals surface area (Å²) in [7, 11) is 0.216. The first-order valence-electron chi connectivity index (χ1n) is 8.20. The van der Waals surface area contributed by atoms with Gasteiger partial charge in [0, 0.05) is 23.5 Å². The van der Waals surface area contributed by atoms with E-state index in [-0.39, 0.29) is 5.75 Å². The first-order valence-corrected chi connectivity index (χ1v) is 9.51. The van der Waals surface area contributed by atoms with E-state index in [2.05, 4.69) is 24.9 Å². The molecule has 1 N–H and O–H groups in total. The van der Waals surface area contributed by atoms with Crippen LogP contribution in [0.3, 0.4) is 0 Å². The van der Waals surface area contributed by atoms with Crippen molar-refractivity contribution in [3.63, 3.8) is 0 Å². The van der Waals surface area contributed by atoms with Gasteiger partial charge >= 0.3 is 0 Å². The highest BCUT2D eigenvalue weighted by atomic mass is 32.2. The third-order valence-electron chi connectivity index (χ3n) is 4.23. The van der Waals surface area contributed by atoms with Crippen LogP contribution in [0.15, 0.2) is 40.5 Å². The van der Waals surface area contributed by atoms with Gasteiger partial charge in [-0.3, -0.25) is 9.19 Å². The summed E-state index contributed by atoms with van der Waals surface area (Å²) >= 11 is 0. The average Bonchev–Trinajstić information content (AvgIpc) is 3.33. The molecule has 4 heterocycles. The lowest BCUT2D eigenvalue weighted by atomic mass is 10.1. The van der Waals surface area contributed by atoms with Crippen LogP contribution in [0.25, 0.3) is 22.6 Å². The summed E-state index contributed by atoms with van der Waals surface area (Å²) in [5.74, 6) is 1.46. The van der Waals surface area contributed by atoms with E-state index < -0.39 is 10.8 Å². The Morgan fingerprint density at radius 3 is 2.81 bits per heavy atom. The van der Waals surface area contributed by atoms with E-state index in [0.29, 0.717) is 33.5 Å². The Balaban J connectivity index is 1.63. The molecule has 0 bridgehead atoms. The van der Waals surface area contributed by atoms with Crippen LogP contribution >= 0.6 is 0 Å². The van der Waals surface area contributed by atoms with Gasteiger partial charge in [-0.2, -0.15) is 0 Å². The zero-order valence-electron chi connectivity index (χ0n) is 15.0. The molecule has 0 fully saturated rings. The summed E-state index contributed by atoms with van der Waals surface area (Å²) in [5, 5.41) is 0.350. The molecule has 0 saturated heterocycles. The molecule has 0 aliphatic carbocycles. The Morgan fingerprint density at radius 2 is 2.07 bits per heavy atom. The molecule has 138 valence electrons. The van der Waals surface area contributed by atoms with Gasteiger partial charge in [0.2, 0.25) is 5.89 Å². The summed E-state index contributed by atoms with van der Waals surface area (Å²) in [6, 6.07) is 1.82. The second-order valence-electron chi connectivity index (χ2n) is 6.01. The Labute approximate surface area is 157 Å². The molecule has 0 aromatic carbocycles. The molecule has 4 aromatic heterocycles. The second-order valence-corrected chi connectivity index (χ2v) is 7.38. The summed E-state index contributed by atoms with van der Waals surface area (Å²) in [6.07, 6.45) is 6.41. The first kappa shape index (κ1) is 17.3. The quantitative estimate of drug-likeness (QED) is 0.564. The largest absolute Gasteiger partial charge is 0.496 e. The van der Waals surface area contributed by atoms with Crippen molar-refractivity contribution in [1.29, 1.82) is 0 Å². The molecule has 1 atom stereocenters. The molecular weight excluding hydrogens is 366 g/mol. The number of nitrogens with zero attached hydrogens (tertiary/aromatic N) is 4. The second kappa shape index (κ2) is 6.92. The monoisotopic (exact) mass is 383 g/mol. The Morgan fingerprint density at radius 1 is 1.22 bits per heavy atom. The molecule has 0 amide bonds. The van der Waals surface area contributed by atoms with Crippen LogP contribution < -0.4 is 4.74 Å². The minimum Gasteiger partial charge on any atom is -0.496 e. The van der Waals surface area contributed by atoms with Gasteiger partial charge < -0.3 is 14.1 Å². The van der Waals surface area contributed by atoms with E-state index >= 15 is 0 Å². The highest BCUT2D eigenvalue weighted by Gasteiger charge is 2.17. The Hall–Kier alpha value is -3.07. The van der Waals surface area contributed by atoms with Crippen molar-refractivity contribution in [3.05, 3.63) is 47.7 Å². The number of hydrogen-bond donors (Lipinski definition) is 1. The third kappa shape index (κ3) is 3.21. The number of aromatic nitrogens is 5. The summed E-state index contributed by atoms with van der Waals surface area (Å²) in [4.78, 5) is 20.2. The topological polar surface area (TPSA) is 107 Å². The molecule has 0 spiro atoms. The Kier molecular flexibility index (Phi) is 4.44. The number of methoxy groups -OCH3 is 1. The van der Waals surface area contributed by atoms with Gasteiger partial charge in [0.05, 0.1) is 46.6 Å². The number of aromatic amines is 1. The van der Waals surface area contributed by atoms with Crippen molar-refractivity contribution >= 4 is 22.0 Å². The van der Waals surface area contributed by atoms with Crippen molar-refractivity contribution in [2.24, 2.45) is 0 Å². The van der Waals surface area contributed by atoms with Gasteiger partial charge in [0.25, 0.3) is 0 Å². The van der Waals surface area contributed by atoms with Crippen LogP contribution in [-0.2, 0) is 16.6 Å². The van der Waals surface area contributed by atoms with Gasteiger partial charge in [-0.25, -0.2) is 15.0 Å². The van der Waals surface area contributed by atoms with Crippen LogP contribution in [0.1, 0.15) is 16.8 Å². The van der Waals surface area contributed by atoms with E-state index in [1.807, 2.05) is 19.9 Å². The van der Waals surface area contributed by atoms with Gasteiger partial charge in [-0.15, -0.1) is 0 Å². The zero-order valence-corrected chi connectivity index (χ0v) is 15.8. The smallest absolute Gasteiger partial charge is 0.227 e. The molecule has 9 heteroatoms. The van der Waals surface area contributed by atoms with Crippen molar-refractivity contribution in [3.8, 4) is 17.2 Å². The molecule has 0 saturated carbocycles. The number of oxazole rings is 1. The van der Waals surface area contributed by atoms with Crippen molar-refractivity contribution in [2.45, 2.75) is 24.8 Å². The number of imidazole rings is 1. The molecule has 1 unspecified atom stereocenters. The van der Waals surface area contributed by atoms with E-state index in [1.165, 1.54) is 6.26 Å². The molecule has 0 radical (unpaired) electrons. The minimum absolute atomic E-state index is 0.231. The van der Waals surface area contributed by atoms with Crippen molar-refractivity contribution in [1.82, 2.24) is 24.9 Å². The number of hydrogen-bond acceptors (Lipinski definition) is 7. The highest BCUT2D eigenvalue weighted by Crippen LogP contribution is 2.26. The lowest BCUT2D eigenvalue weighted by Gasteiger charge is -2.11. The summed E-state index contributed by atoms with van der Waals surface area (Å²) in [6.45, 7) is 3.84. The number of pyridine rings is 2. The first-order chi connectivity index (χ1) is 13.1.